The highest BCUT2D eigenvalue weighted by molar-refractivity contribution is 8.00. The highest BCUT2D eigenvalue weighted by atomic mass is 32.2. The number of hydrogen-bond acceptors (Lipinski definition) is 3. The molecule has 0 aromatic rings. The minimum atomic E-state index is -0.372. The molecule has 2 fully saturated rings. The van der Waals surface area contributed by atoms with Crippen LogP contribution in [0.1, 0.15) is 26.7 Å². The van der Waals surface area contributed by atoms with Crippen LogP contribution in [-0.4, -0.2) is 29.0 Å². The third-order valence-corrected chi connectivity index (χ3v) is 4.17. The summed E-state index contributed by atoms with van der Waals surface area (Å²) in [5, 5.41) is 0.597. The molecule has 0 bridgehead atoms. The molecular weight excluding hydrogens is 196 g/mol. The lowest BCUT2D eigenvalue weighted by atomic mass is 10.1. The fraction of sp³-hybridized carbons (Fsp3) is 0.818. The Hall–Kier alpha value is 0.01000. The summed E-state index contributed by atoms with van der Waals surface area (Å²) in [6.07, 6.45) is 4.83. The first-order valence-corrected chi connectivity index (χ1v) is 6.25. The Morgan fingerprint density at radius 1 is 1.50 bits per heavy atom. The van der Waals surface area contributed by atoms with Crippen molar-refractivity contribution in [1.29, 1.82) is 0 Å². The Bertz CT molecular complexity index is 227. The van der Waals surface area contributed by atoms with Gasteiger partial charge in [-0.05, 0) is 26.7 Å². The van der Waals surface area contributed by atoms with E-state index in [2.05, 4.69) is 6.58 Å². The lowest BCUT2D eigenvalue weighted by molar-refractivity contribution is -0.145. The lowest BCUT2D eigenvalue weighted by Crippen LogP contribution is -2.27. The van der Waals surface area contributed by atoms with Gasteiger partial charge in [-0.3, -0.25) is 0 Å². The first-order chi connectivity index (χ1) is 6.62. The Balaban J connectivity index is 1.94. The van der Waals surface area contributed by atoms with Gasteiger partial charge < -0.3 is 9.47 Å². The summed E-state index contributed by atoms with van der Waals surface area (Å²) in [5.41, 5.74) is 0. The topological polar surface area (TPSA) is 18.5 Å². The molecule has 0 aromatic heterocycles. The van der Waals surface area contributed by atoms with E-state index in [1.807, 2.05) is 31.7 Å². The van der Waals surface area contributed by atoms with Crippen LogP contribution in [0.25, 0.3) is 0 Å². The molecule has 3 atom stereocenters. The van der Waals surface area contributed by atoms with E-state index >= 15 is 0 Å². The fourth-order valence-corrected chi connectivity index (χ4v) is 3.57. The molecule has 80 valence electrons. The van der Waals surface area contributed by atoms with Crippen molar-refractivity contribution in [2.24, 2.45) is 0 Å². The van der Waals surface area contributed by atoms with Gasteiger partial charge >= 0.3 is 0 Å². The van der Waals surface area contributed by atoms with E-state index in [1.54, 1.807) is 0 Å². The molecule has 0 saturated carbocycles. The van der Waals surface area contributed by atoms with Crippen molar-refractivity contribution in [3.63, 3.8) is 0 Å². The first kappa shape index (κ1) is 10.5. The monoisotopic (exact) mass is 214 g/mol. The molecule has 0 N–H and O–H groups in total. The van der Waals surface area contributed by atoms with Crippen molar-refractivity contribution >= 4 is 11.8 Å². The number of allylic oxidation sites excluding steroid dienone is 1. The van der Waals surface area contributed by atoms with Crippen molar-refractivity contribution < 1.29 is 9.47 Å². The molecule has 2 heterocycles. The number of rotatable bonds is 3. The second-order valence-corrected chi connectivity index (χ2v) is 5.65. The van der Waals surface area contributed by atoms with Crippen LogP contribution in [0.2, 0.25) is 0 Å². The van der Waals surface area contributed by atoms with Gasteiger partial charge in [-0.25, -0.2) is 0 Å². The largest absolute Gasteiger partial charge is 0.344 e. The smallest absolute Gasteiger partial charge is 0.163 e. The summed E-state index contributed by atoms with van der Waals surface area (Å²) >= 11 is 1.98. The van der Waals surface area contributed by atoms with E-state index < -0.39 is 0 Å². The average Bonchev–Trinajstić information content (AvgIpc) is 2.57. The maximum atomic E-state index is 5.91. The zero-order valence-corrected chi connectivity index (χ0v) is 9.68. The van der Waals surface area contributed by atoms with Crippen LogP contribution in [0.4, 0.5) is 0 Å². The minimum absolute atomic E-state index is 0.301. The summed E-state index contributed by atoms with van der Waals surface area (Å²) in [7, 11) is 0. The fourth-order valence-electron chi connectivity index (χ4n) is 2.15. The molecule has 0 aromatic carbocycles. The maximum Gasteiger partial charge on any atom is 0.163 e. The number of thioether (sulfide) groups is 1. The van der Waals surface area contributed by atoms with Crippen LogP contribution in [0.15, 0.2) is 12.7 Å². The van der Waals surface area contributed by atoms with Crippen LogP contribution < -0.4 is 0 Å². The Labute approximate surface area is 90.0 Å². The van der Waals surface area contributed by atoms with Gasteiger partial charge in [0.05, 0.1) is 12.2 Å². The van der Waals surface area contributed by atoms with Gasteiger partial charge in [0.1, 0.15) is 0 Å². The predicted molar refractivity (Wildman–Crippen MR) is 59.5 cm³/mol. The van der Waals surface area contributed by atoms with Crippen LogP contribution in [0, 0.1) is 0 Å². The van der Waals surface area contributed by atoms with E-state index in [-0.39, 0.29) is 5.79 Å². The van der Waals surface area contributed by atoms with Gasteiger partial charge in [-0.15, -0.1) is 6.58 Å². The zero-order valence-electron chi connectivity index (χ0n) is 8.86. The molecule has 0 radical (unpaired) electrons. The van der Waals surface area contributed by atoms with Crippen LogP contribution in [-0.2, 0) is 9.47 Å². The molecule has 2 aliphatic rings. The summed E-state index contributed by atoms with van der Waals surface area (Å²) < 4.78 is 11.7. The molecule has 0 amide bonds. The summed E-state index contributed by atoms with van der Waals surface area (Å²) in [6, 6.07) is 0. The molecule has 3 heteroatoms. The van der Waals surface area contributed by atoms with Gasteiger partial charge in [0.15, 0.2) is 5.79 Å². The average molecular weight is 214 g/mol. The zero-order chi connectivity index (χ0) is 10.2. The van der Waals surface area contributed by atoms with E-state index in [4.69, 9.17) is 9.47 Å². The molecule has 2 aliphatic heterocycles. The third-order valence-electron chi connectivity index (χ3n) is 2.72. The Morgan fingerprint density at radius 3 is 3.00 bits per heavy atom. The summed E-state index contributed by atoms with van der Waals surface area (Å²) in [6.45, 7) is 7.76. The Morgan fingerprint density at radius 2 is 2.29 bits per heavy atom. The second-order valence-electron chi connectivity index (χ2n) is 4.38. The molecule has 2 nitrogen and oxygen atoms in total. The number of hydrogen-bond donors (Lipinski definition) is 0. The number of fused-ring (bicyclic) bond motifs is 1. The van der Waals surface area contributed by atoms with Gasteiger partial charge in [0.25, 0.3) is 0 Å². The van der Waals surface area contributed by atoms with Crippen molar-refractivity contribution in [1.82, 2.24) is 0 Å². The van der Waals surface area contributed by atoms with Crippen LogP contribution in [0.5, 0.6) is 0 Å². The standard InChI is InChI=1S/C11H18O2S/c1-4-5-6-9-10-8(7-14-9)12-11(2,3)13-10/h4,8-10H,1,5-7H2,2-3H3/t8?,9-,10-/m0/s1. The predicted octanol–water partition coefficient (Wildman–Crippen LogP) is 2.59. The van der Waals surface area contributed by atoms with E-state index in [0.29, 0.717) is 17.5 Å². The minimum Gasteiger partial charge on any atom is -0.344 e. The van der Waals surface area contributed by atoms with Crippen LogP contribution in [0.3, 0.4) is 0 Å². The first-order valence-electron chi connectivity index (χ1n) is 5.20. The van der Waals surface area contributed by atoms with Gasteiger partial charge in [0.2, 0.25) is 0 Å². The quantitative estimate of drug-likeness (QED) is 0.673. The van der Waals surface area contributed by atoms with Crippen molar-refractivity contribution in [2.75, 3.05) is 5.75 Å². The highest BCUT2D eigenvalue weighted by Crippen LogP contribution is 2.42. The normalized spacial score (nSPS) is 39.7. The SMILES string of the molecule is C=CCC[C@@H]1SCC2OC(C)(C)O[C@@H]21. The molecule has 0 aliphatic carbocycles. The van der Waals surface area contributed by atoms with Crippen LogP contribution >= 0.6 is 11.8 Å². The van der Waals surface area contributed by atoms with Crippen molar-refractivity contribution in [3.05, 3.63) is 12.7 Å². The molecule has 1 unspecified atom stereocenters. The lowest BCUT2D eigenvalue weighted by Gasteiger charge is -2.21. The highest BCUT2D eigenvalue weighted by Gasteiger charge is 2.48. The van der Waals surface area contributed by atoms with E-state index in [0.717, 1.165) is 18.6 Å². The van der Waals surface area contributed by atoms with Gasteiger partial charge in [-0.2, -0.15) is 11.8 Å². The summed E-state index contributed by atoms with van der Waals surface area (Å²) in [5.74, 6) is 0.707. The van der Waals surface area contributed by atoms with Crippen molar-refractivity contribution in [2.45, 2.75) is 49.9 Å². The molecule has 0 spiro atoms. The van der Waals surface area contributed by atoms with Gasteiger partial charge in [-0.1, -0.05) is 6.08 Å². The third kappa shape index (κ3) is 2.00. The van der Waals surface area contributed by atoms with Gasteiger partial charge in [0, 0.05) is 11.0 Å². The molecule has 14 heavy (non-hydrogen) atoms. The van der Waals surface area contributed by atoms with Crippen molar-refractivity contribution in [3.8, 4) is 0 Å². The number of ether oxygens (including phenoxy) is 2. The van der Waals surface area contributed by atoms with E-state index in [9.17, 15) is 0 Å². The molecule has 2 saturated heterocycles. The summed E-state index contributed by atoms with van der Waals surface area (Å²) in [4.78, 5) is 0. The molecular formula is C11H18O2S. The second kappa shape index (κ2) is 3.87. The maximum absolute atomic E-state index is 5.91. The Kier molecular flexibility index (Phi) is 2.91. The molecule has 2 rings (SSSR count). The van der Waals surface area contributed by atoms with E-state index in [1.165, 1.54) is 0 Å².